The molecule has 0 atom stereocenters. The molecule has 0 aliphatic heterocycles. The van der Waals surface area contributed by atoms with E-state index >= 15 is 0 Å². The summed E-state index contributed by atoms with van der Waals surface area (Å²) in [5, 5.41) is 2.75. The summed E-state index contributed by atoms with van der Waals surface area (Å²) in [5.74, 6) is -1.81. The molecule has 0 bridgehead atoms. The molecule has 0 spiro atoms. The van der Waals surface area contributed by atoms with Gasteiger partial charge in [0.25, 0.3) is 0 Å². The number of pyridine rings is 1. The molecule has 0 aliphatic carbocycles. The molecule has 2 aromatic heterocycles. The second-order valence-corrected chi connectivity index (χ2v) is 8.23. The molecular formula is C23H26N2O6. The minimum atomic E-state index is -0.912. The number of hydrogen-bond acceptors (Lipinski definition) is 7. The molecule has 0 radical (unpaired) electrons. The lowest BCUT2D eigenvalue weighted by Crippen LogP contribution is -2.28. The summed E-state index contributed by atoms with van der Waals surface area (Å²) in [5.41, 5.74) is -0.423. The van der Waals surface area contributed by atoms with Gasteiger partial charge in [-0.05, 0) is 57.4 Å². The van der Waals surface area contributed by atoms with Gasteiger partial charge in [-0.3, -0.25) is 10.1 Å². The molecule has 2 heterocycles. The molecule has 0 aliphatic rings. The van der Waals surface area contributed by atoms with Gasteiger partial charge < -0.3 is 13.9 Å². The topological polar surface area (TPSA) is 108 Å². The zero-order valence-corrected chi connectivity index (χ0v) is 18.4. The fourth-order valence-electron chi connectivity index (χ4n) is 2.95. The zero-order valence-electron chi connectivity index (χ0n) is 19.4. The largest absolute Gasteiger partial charge is 0.462 e. The predicted octanol–water partition coefficient (Wildman–Crippen LogP) is 4.99. The zero-order chi connectivity index (χ0) is 23.8. The van der Waals surface area contributed by atoms with Crippen molar-refractivity contribution in [3.8, 4) is 0 Å². The van der Waals surface area contributed by atoms with Crippen LogP contribution in [0.4, 0.5) is 10.6 Å². The molecule has 1 N–H and O–H groups in total. The molecule has 0 unspecified atom stereocenters. The second-order valence-electron chi connectivity index (χ2n) is 8.23. The van der Waals surface area contributed by atoms with Crippen molar-refractivity contribution >= 4 is 39.9 Å². The van der Waals surface area contributed by atoms with Crippen molar-refractivity contribution in [2.24, 2.45) is 0 Å². The van der Waals surface area contributed by atoms with Gasteiger partial charge in [0.05, 0.1) is 17.4 Å². The number of fused-ring (bicyclic) bond motifs is 2. The molecule has 1 aromatic carbocycles. The number of esters is 1. The summed E-state index contributed by atoms with van der Waals surface area (Å²) in [6, 6.07) is 6.20. The van der Waals surface area contributed by atoms with E-state index in [1.54, 1.807) is 59.7 Å². The maximum atomic E-state index is 13.2. The lowest BCUT2D eigenvalue weighted by atomic mass is 10.0. The van der Waals surface area contributed by atoms with Gasteiger partial charge in [-0.15, -0.1) is 0 Å². The normalized spacial score (nSPS) is 12.5. The molecule has 3 rings (SSSR count). The van der Waals surface area contributed by atoms with E-state index in [9.17, 15) is 14.4 Å². The maximum absolute atomic E-state index is 13.2. The SMILES string of the molecule is [2H]C(C)(C)c1ccc2oc3nc(NC(=O)OC(C)(C)C)c(C(=O)OCC)cc3c(=O)c2c1. The van der Waals surface area contributed by atoms with Gasteiger partial charge >= 0.3 is 12.1 Å². The van der Waals surface area contributed by atoms with Crippen molar-refractivity contribution in [1.82, 2.24) is 4.98 Å². The Hall–Kier alpha value is -3.42. The molecule has 0 fully saturated rings. The monoisotopic (exact) mass is 427 g/mol. The smallest absolute Gasteiger partial charge is 0.413 e. The van der Waals surface area contributed by atoms with Crippen LogP contribution in [0.1, 0.15) is 64.7 Å². The fourth-order valence-corrected chi connectivity index (χ4v) is 2.95. The Morgan fingerprint density at radius 2 is 1.94 bits per heavy atom. The highest BCUT2D eigenvalue weighted by Crippen LogP contribution is 2.26. The van der Waals surface area contributed by atoms with Crippen molar-refractivity contribution in [2.75, 3.05) is 11.9 Å². The van der Waals surface area contributed by atoms with Crippen LogP contribution in [0.25, 0.3) is 22.1 Å². The first-order valence-electron chi connectivity index (χ1n) is 10.4. The summed E-state index contributed by atoms with van der Waals surface area (Å²) < 4.78 is 24.3. The third-order valence-corrected chi connectivity index (χ3v) is 4.36. The summed E-state index contributed by atoms with van der Waals surface area (Å²) in [4.78, 5) is 42.2. The van der Waals surface area contributed by atoms with E-state index < -0.39 is 29.0 Å². The van der Waals surface area contributed by atoms with Gasteiger partial charge in [0.1, 0.15) is 16.7 Å². The number of rotatable bonds is 4. The highest BCUT2D eigenvalue weighted by molar-refractivity contribution is 6.02. The van der Waals surface area contributed by atoms with Crippen LogP contribution < -0.4 is 10.7 Å². The molecule has 8 nitrogen and oxygen atoms in total. The quantitative estimate of drug-likeness (QED) is 0.462. The van der Waals surface area contributed by atoms with Crippen LogP contribution >= 0.6 is 0 Å². The molecule has 0 saturated carbocycles. The summed E-state index contributed by atoms with van der Waals surface area (Å²) in [6.07, 6.45) is -0.819. The molecule has 31 heavy (non-hydrogen) atoms. The molecular weight excluding hydrogens is 400 g/mol. The van der Waals surface area contributed by atoms with E-state index in [2.05, 4.69) is 10.3 Å². The molecule has 164 valence electrons. The Morgan fingerprint density at radius 1 is 1.23 bits per heavy atom. The standard InChI is InChI=1S/C23H26N2O6/c1-7-29-21(27)16-11-15-18(26)14-10-13(12(2)3)8-9-17(14)30-20(15)24-19(16)25-22(28)31-23(4,5)6/h8-12H,7H2,1-6H3,(H,24,25,28)/i12D. The number of nitrogens with zero attached hydrogens (tertiary/aromatic N) is 1. The number of nitrogens with one attached hydrogen (secondary N) is 1. The van der Waals surface area contributed by atoms with Crippen molar-refractivity contribution in [3.05, 3.63) is 45.6 Å². The number of carbonyl (C=O) groups excluding carboxylic acids is 2. The molecule has 8 heteroatoms. The lowest BCUT2D eigenvalue weighted by molar-refractivity contribution is 0.0527. The Kier molecular flexibility index (Phi) is 5.63. The molecule has 0 saturated heterocycles. The minimum absolute atomic E-state index is 0.0511. The highest BCUT2D eigenvalue weighted by Gasteiger charge is 2.23. The van der Waals surface area contributed by atoms with Gasteiger partial charge in [-0.25, -0.2) is 9.59 Å². The van der Waals surface area contributed by atoms with Gasteiger partial charge in [-0.1, -0.05) is 19.9 Å². The lowest BCUT2D eigenvalue weighted by Gasteiger charge is -2.20. The van der Waals surface area contributed by atoms with Crippen LogP contribution in [-0.2, 0) is 9.47 Å². The minimum Gasteiger partial charge on any atom is -0.462 e. The Labute approximate surface area is 181 Å². The number of carbonyl (C=O) groups is 2. The van der Waals surface area contributed by atoms with Gasteiger partial charge in [0.2, 0.25) is 11.1 Å². The van der Waals surface area contributed by atoms with E-state index in [4.69, 9.17) is 15.3 Å². The van der Waals surface area contributed by atoms with Crippen LogP contribution in [0.15, 0.2) is 33.5 Å². The second kappa shape index (κ2) is 8.37. The van der Waals surface area contributed by atoms with E-state index in [-0.39, 0.29) is 40.1 Å². The van der Waals surface area contributed by atoms with E-state index in [1.807, 2.05) is 0 Å². The van der Waals surface area contributed by atoms with Crippen LogP contribution in [-0.4, -0.2) is 29.3 Å². The van der Waals surface area contributed by atoms with Crippen LogP contribution in [0, 0.1) is 0 Å². The van der Waals surface area contributed by atoms with E-state index in [0.717, 1.165) is 0 Å². The number of aromatic nitrogens is 1. The average Bonchev–Trinajstić information content (AvgIpc) is 2.65. The highest BCUT2D eigenvalue weighted by atomic mass is 16.6. The van der Waals surface area contributed by atoms with Crippen molar-refractivity contribution in [1.29, 1.82) is 0 Å². The van der Waals surface area contributed by atoms with Gasteiger partial charge in [0, 0.05) is 1.37 Å². The number of amides is 1. The van der Waals surface area contributed by atoms with E-state index in [0.29, 0.717) is 5.56 Å². The average molecular weight is 427 g/mol. The first-order valence-corrected chi connectivity index (χ1v) is 9.89. The first-order chi connectivity index (χ1) is 14.8. The molecule has 1 amide bonds. The predicted molar refractivity (Wildman–Crippen MR) is 118 cm³/mol. The maximum Gasteiger partial charge on any atom is 0.413 e. The third kappa shape index (κ3) is 4.84. The van der Waals surface area contributed by atoms with Crippen molar-refractivity contribution < 1.29 is 24.9 Å². The number of hydrogen-bond donors (Lipinski definition) is 1. The molecule has 3 aromatic rings. The van der Waals surface area contributed by atoms with Gasteiger partial charge in [-0.2, -0.15) is 4.98 Å². The van der Waals surface area contributed by atoms with Crippen LogP contribution in [0.5, 0.6) is 0 Å². The number of ether oxygens (including phenoxy) is 2. The first kappa shape index (κ1) is 20.8. The Bertz CT molecular complexity index is 1270. The number of benzene rings is 1. The van der Waals surface area contributed by atoms with Gasteiger partial charge in [0.15, 0.2) is 5.82 Å². The summed E-state index contributed by atoms with van der Waals surface area (Å²) >= 11 is 0. The van der Waals surface area contributed by atoms with Crippen LogP contribution in [0.3, 0.4) is 0 Å². The fraction of sp³-hybridized carbons (Fsp3) is 0.391. The van der Waals surface area contributed by atoms with Crippen LogP contribution in [0.2, 0.25) is 0 Å². The van der Waals surface area contributed by atoms with E-state index in [1.165, 1.54) is 6.07 Å². The van der Waals surface area contributed by atoms with Crippen molar-refractivity contribution in [3.63, 3.8) is 0 Å². The Balaban J connectivity index is 2.22. The summed E-state index contributed by atoms with van der Waals surface area (Å²) in [7, 11) is 0. The summed E-state index contributed by atoms with van der Waals surface area (Å²) in [6.45, 7) is 10.3. The number of anilines is 1. The Morgan fingerprint density at radius 3 is 2.55 bits per heavy atom. The third-order valence-electron chi connectivity index (χ3n) is 4.36. The van der Waals surface area contributed by atoms with Crippen molar-refractivity contribution in [2.45, 2.75) is 53.0 Å².